The van der Waals surface area contributed by atoms with Crippen LogP contribution in [0.15, 0.2) is 24.3 Å². The average molecular weight is 299 g/mol. The third-order valence-electron chi connectivity index (χ3n) is 4.38. The van der Waals surface area contributed by atoms with Gasteiger partial charge >= 0.3 is 6.61 Å². The molecule has 1 atom stereocenters. The van der Waals surface area contributed by atoms with Gasteiger partial charge in [0.15, 0.2) is 0 Å². The lowest BCUT2D eigenvalue weighted by molar-refractivity contribution is -0.0507. The minimum absolute atomic E-state index is 0.0627. The van der Waals surface area contributed by atoms with Crippen LogP contribution in [0.3, 0.4) is 0 Å². The highest BCUT2D eigenvalue weighted by atomic mass is 19.3. The maximum absolute atomic E-state index is 12.4. The third kappa shape index (κ3) is 4.14. The lowest BCUT2D eigenvalue weighted by Crippen LogP contribution is -2.36. The molecule has 5 heteroatoms. The van der Waals surface area contributed by atoms with E-state index in [1.54, 1.807) is 18.2 Å². The molecule has 1 fully saturated rings. The highest BCUT2D eigenvalue weighted by molar-refractivity contribution is 5.35. The minimum atomic E-state index is -2.82. The van der Waals surface area contributed by atoms with E-state index in [0.29, 0.717) is 12.1 Å². The fourth-order valence-corrected chi connectivity index (χ4v) is 3.04. The van der Waals surface area contributed by atoms with E-state index in [1.165, 1.54) is 0 Å². The van der Waals surface area contributed by atoms with Crippen molar-refractivity contribution in [2.24, 2.45) is 5.41 Å². The largest absolute Gasteiger partial charge is 0.434 e. The standard InChI is InChI=1S/C16H23F2NO2/c1-12(19-10-16(11-20)8-4-5-9-16)13-6-2-3-7-14(13)21-15(17)18/h2-3,6-7,12,15,19-20H,4-5,8-11H2,1H3. The molecule has 0 aliphatic heterocycles. The Balaban J connectivity index is 2.01. The maximum atomic E-state index is 12.4. The van der Waals surface area contributed by atoms with E-state index in [2.05, 4.69) is 10.1 Å². The number of nitrogens with one attached hydrogen (secondary N) is 1. The van der Waals surface area contributed by atoms with Crippen LogP contribution in [0.25, 0.3) is 0 Å². The number of hydrogen-bond donors (Lipinski definition) is 2. The van der Waals surface area contributed by atoms with E-state index < -0.39 is 6.61 Å². The van der Waals surface area contributed by atoms with E-state index in [-0.39, 0.29) is 23.8 Å². The maximum Gasteiger partial charge on any atom is 0.387 e. The Bertz CT molecular complexity index is 448. The number of rotatable bonds is 7. The predicted octanol–water partition coefficient (Wildman–Crippen LogP) is 3.49. The molecule has 2 N–H and O–H groups in total. The Morgan fingerprint density at radius 1 is 1.29 bits per heavy atom. The second kappa shape index (κ2) is 7.18. The molecule has 0 aromatic heterocycles. The van der Waals surface area contributed by atoms with Gasteiger partial charge in [-0.3, -0.25) is 0 Å². The summed E-state index contributed by atoms with van der Waals surface area (Å²) in [6, 6.07) is 6.72. The highest BCUT2D eigenvalue weighted by Crippen LogP contribution is 2.37. The van der Waals surface area contributed by atoms with Crippen LogP contribution in [0.2, 0.25) is 0 Å². The first-order valence-electron chi connectivity index (χ1n) is 7.44. The fraction of sp³-hybridized carbons (Fsp3) is 0.625. The van der Waals surface area contributed by atoms with Gasteiger partial charge in [0.2, 0.25) is 0 Å². The number of alkyl halides is 2. The van der Waals surface area contributed by atoms with Crippen molar-refractivity contribution in [1.82, 2.24) is 5.32 Å². The molecule has 118 valence electrons. The monoisotopic (exact) mass is 299 g/mol. The van der Waals surface area contributed by atoms with Gasteiger partial charge in [0.05, 0.1) is 0 Å². The van der Waals surface area contributed by atoms with Gasteiger partial charge in [0.25, 0.3) is 0 Å². The van der Waals surface area contributed by atoms with Gasteiger partial charge in [-0.1, -0.05) is 31.0 Å². The van der Waals surface area contributed by atoms with E-state index in [1.807, 2.05) is 13.0 Å². The molecule has 0 heterocycles. The molecule has 0 spiro atoms. The summed E-state index contributed by atoms with van der Waals surface area (Å²) in [5.74, 6) is 0.206. The fourth-order valence-electron chi connectivity index (χ4n) is 3.04. The van der Waals surface area contributed by atoms with Crippen molar-refractivity contribution in [3.8, 4) is 5.75 Å². The minimum Gasteiger partial charge on any atom is -0.434 e. The van der Waals surface area contributed by atoms with Crippen molar-refractivity contribution in [3.63, 3.8) is 0 Å². The van der Waals surface area contributed by atoms with Crippen LogP contribution < -0.4 is 10.1 Å². The summed E-state index contributed by atoms with van der Waals surface area (Å²) in [5, 5.41) is 13.0. The van der Waals surface area contributed by atoms with Crippen LogP contribution in [0, 0.1) is 5.41 Å². The quantitative estimate of drug-likeness (QED) is 0.810. The predicted molar refractivity (Wildman–Crippen MR) is 77.5 cm³/mol. The molecule has 0 radical (unpaired) electrons. The van der Waals surface area contributed by atoms with Crippen molar-refractivity contribution in [3.05, 3.63) is 29.8 Å². The Morgan fingerprint density at radius 2 is 1.95 bits per heavy atom. The Labute approximate surface area is 124 Å². The summed E-state index contributed by atoms with van der Waals surface area (Å²) in [4.78, 5) is 0. The van der Waals surface area contributed by atoms with E-state index in [4.69, 9.17) is 0 Å². The van der Waals surface area contributed by atoms with Gasteiger partial charge in [-0.15, -0.1) is 0 Å². The number of para-hydroxylation sites is 1. The highest BCUT2D eigenvalue weighted by Gasteiger charge is 2.33. The van der Waals surface area contributed by atoms with Crippen molar-refractivity contribution < 1.29 is 18.6 Å². The van der Waals surface area contributed by atoms with E-state index in [9.17, 15) is 13.9 Å². The van der Waals surface area contributed by atoms with Gasteiger partial charge < -0.3 is 15.2 Å². The number of aliphatic hydroxyl groups excluding tert-OH is 1. The zero-order chi connectivity index (χ0) is 15.3. The molecule has 0 saturated heterocycles. The molecule has 1 aliphatic carbocycles. The molecule has 3 nitrogen and oxygen atoms in total. The summed E-state index contributed by atoms with van der Waals surface area (Å²) in [6.07, 6.45) is 4.31. The molecule has 0 bridgehead atoms. The summed E-state index contributed by atoms with van der Waals surface area (Å²) in [7, 11) is 0. The van der Waals surface area contributed by atoms with Crippen LogP contribution in [-0.2, 0) is 0 Å². The molecule has 1 unspecified atom stereocenters. The zero-order valence-electron chi connectivity index (χ0n) is 12.3. The average Bonchev–Trinajstić information content (AvgIpc) is 2.94. The number of benzene rings is 1. The lowest BCUT2D eigenvalue weighted by atomic mass is 9.87. The molecule has 0 amide bonds. The van der Waals surface area contributed by atoms with Crippen molar-refractivity contribution >= 4 is 0 Å². The van der Waals surface area contributed by atoms with Crippen molar-refractivity contribution in [2.75, 3.05) is 13.2 Å². The van der Waals surface area contributed by atoms with Crippen molar-refractivity contribution in [2.45, 2.75) is 45.3 Å². The van der Waals surface area contributed by atoms with Gasteiger partial charge in [-0.2, -0.15) is 8.78 Å². The lowest BCUT2D eigenvalue weighted by Gasteiger charge is -2.29. The molecular formula is C16H23F2NO2. The molecule has 1 aromatic rings. The van der Waals surface area contributed by atoms with Gasteiger partial charge in [-0.25, -0.2) is 0 Å². The molecule has 21 heavy (non-hydrogen) atoms. The molecule has 1 aromatic carbocycles. The normalized spacial score (nSPS) is 18.9. The smallest absolute Gasteiger partial charge is 0.387 e. The second-order valence-corrected chi connectivity index (χ2v) is 5.88. The van der Waals surface area contributed by atoms with Crippen molar-refractivity contribution in [1.29, 1.82) is 0 Å². The number of hydrogen-bond acceptors (Lipinski definition) is 3. The number of halogens is 2. The Kier molecular flexibility index (Phi) is 5.53. The third-order valence-corrected chi connectivity index (χ3v) is 4.38. The summed E-state index contributed by atoms with van der Waals surface area (Å²) < 4.78 is 29.4. The topological polar surface area (TPSA) is 41.5 Å². The first-order chi connectivity index (χ1) is 10.1. The summed E-state index contributed by atoms with van der Waals surface area (Å²) in [6.45, 7) is -0.0412. The molecule has 1 aliphatic rings. The van der Waals surface area contributed by atoms with Crippen LogP contribution in [-0.4, -0.2) is 24.9 Å². The Morgan fingerprint density at radius 3 is 2.57 bits per heavy atom. The molecule has 2 rings (SSSR count). The first-order valence-corrected chi connectivity index (χ1v) is 7.44. The van der Waals surface area contributed by atoms with E-state index >= 15 is 0 Å². The zero-order valence-corrected chi connectivity index (χ0v) is 12.3. The van der Waals surface area contributed by atoms with Gasteiger partial charge in [0, 0.05) is 30.2 Å². The SMILES string of the molecule is CC(NCC1(CO)CCCC1)c1ccccc1OC(F)F. The van der Waals surface area contributed by atoms with Crippen LogP contribution in [0.5, 0.6) is 5.75 Å². The van der Waals surface area contributed by atoms with Crippen LogP contribution in [0.1, 0.15) is 44.2 Å². The number of ether oxygens (including phenoxy) is 1. The Hall–Kier alpha value is -1.20. The number of aliphatic hydroxyl groups is 1. The van der Waals surface area contributed by atoms with Gasteiger partial charge in [-0.05, 0) is 25.8 Å². The second-order valence-electron chi connectivity index (χ2n) is 5.88. The summed E-state index contributed by atoms with van der Waals surface area (Å²) in [5.41, 5.74) is 0.649. The molecule has 1 saturated carbocycles. The summed E-state index contributed by atoms with van der Waals surface area (Å²) >= 11 is 0. The molecular weight excluding hydrogens is 276 g/mol. The van der Waals surface area contributed by atoms with E-state index in [0.717, 1.165) is 25.7 Å². The van der Waals surface area contributed by atoms with Crippen LogP contribution >= 0.6 is 0 Å². The van der Waals surface area contributed by atoms with Crippen LogP contribution in [0.4, 0.5) is 8.78 Å². The van der Waals surface area contributed by atoms with Gasteiger partial charge in [0.1, 0.15) is 5.75 Å². The first kappa shape index (κ1) is 16.2.